The van der Waals surface area contributed by atoms with E-state index in [0.717, 1.165) is 53.4 Å². The van der Waals surface area contributed by atoms with E-state index < -0.39 is 5.97 Å². The van der Waals surface area contributed by atoms with Gasteiger partial charge in [0.15, 0.2) is 6.61 Å². The van der Waals surface area contributed by atoms with E-state index in [1.807, 2.05) is 50.2 Å². The second kappa shape index (κ2) is 8.66. The first-order chi connectivity index (χ1) is 14.6. The van der Waals surface area contributed by atoms with E-state index in [1.54, 1.807) is 0 Å². The Labute approximate surface area is 176 Å². The quantitative estimate of drug-likeness (QED) is 0.640. The number of ether oxygens (including phenoxy) is 1. The van der Waals surface area contributed by atoms with Crippen LogP contribution in [0.15, 0.2) is 48.5 Å². The van der Waals surface area contributed by atoms with Crippen LogP contribution in [0.1, 0.15) is 58.5 Å². The van der Waals surface area contributed by atoms with Gasteiger partial charge in [-0.3, -0.25) is 9.78 Å². The molecule has 0 aliphatic heterocycles. The number of hydrogen-bond donors (Lipinski definition) is 1. The number of hydrogen-bond acceptors (Lipinski definition) is 4. The summed E-state index contributed by atoms with van der Waals surface area (Å²) in [5.74, 6) is -0.767. The van der Waals surface area contributed by atoms with E-state index in [2.05, 4.69) is 22.4 Å². The van der Waals surface area contributed by atoms with Crippen LogP contribution >= 0.6 is 0 Å². The van der Waals surface area contributed by atoms with Gasteiger partial charge in [0.05, 0.1) is 17.1 Å². The lowest BCUT2D eigenvalue weighted by Crippen LogP contribution is -2.34. The van der Waals surface area contributed by atoms with Crippen molar-refractivity contribution in [2.45, 2.75) is 45.6 Å². The van der Waals surface area contributed by atoms with Crippen molar-refractivity contribution in [1.29, 1.82) is 0 Å². The molecule has 2 aromatic carbocycles. The van der Waals surface area contributed by atoms with Crippen molar-refractivity contribution >= 4 is 22.8 Å². The molecule has 1 aliphatic rings. The second-order valence-electron chi connectivity index (χ2n) is 7.72. The smallest absolute Gasteiger partial charge is 0.339 e. The van der Waals surface area contributed by atoms with E-state index in [-0.39, 0.29) is 18.6 Å². The molecule has 5 heteroatoms. The number of rotatable bonds is 5. The summed E-state index contributed by atoms with van der Waals surface area (Å²) in [5.41, 5.74) is 5.36. The van der Waals surface area contributed by atoms with Crippen molar-refractivity contribution in [3.05, 3.63) is 76.5 Å². The standard InChI is InChI=1S/C25H26N2O3/c1-3-20-16(2)24(19-12-6-7-13-22(19)26-20)25(29)30-15-23(28)27-21-14-8-10-17-9-4-5-11-18(17)21/h4-7,9,11-13,21H,3,8,10,14-15H2,1-2H3,(H,27,28)/t21-/m1/s1. The van der Waals surface area contributed by atoms with E-state index in [4.69, 9.17) is 4.74 Å². The summed E-state index contributed by atoms with van der Waals surface area (Å²) in [6, 6.07) is 15.7. The third-order valence-corrected chi connectivity index (χ3v) is 5.81. The first-order valence-corrected chi connectivity index (χ1v) is 10.5. The van der Waals surface area contributed by atoms with Gasteiger partial charge in [0.25, 0.3) is 5.91 Å². The Kier molecular flexibility index (Phi) is 5.79. The highest BCUT2D eigenvalue weighted by Gasteiger charge is 2.23. The molecule has 5 nitrogen and oxygen atoms in total. The van der Waals surface area contributed by atoms with Crippen molar-refractivity contribution in [3.8, 4) is 0 Å². The van der Waals surface area contributed by atoms with Crippen molar-refractivity contribution in [1.82, 2.24) is 10.3 Å². The Hall–Kier alpha value is -3.21. The number of amides is 1. The van der Waals surface area contributed by atoms with Gasteiger partial charge in [0.2, 0.25) is 0 Å². The predicted octanol–water partition coefficient (Wildman–Crippen LogP) is 4.46. The molecule has 4 rings (SSSR count). The highest BCUT2D eigenvalue weighted by molar-refractivity contribution is 6.05. The van der Waals surface area contributed by atoms with Gasteiger partial charge in [0, 0.05) is 11.1 Å². The average Bonchev–Trinajstić information content (AvgIpc) is 2.77. The van der Waals surface area contributed by atoms with Gasteiger partial charge in [-0.15, -0.1) is 0 Å². The summed E-state index contributed by atoms with van der Waals surface area (Å²) in [7, 11) is 0. The largest absolute Gasteiger partial charge is 0.452 e. The van der Waals surface area contributed by atoms with Crippen LogP contribution in [0.5, 0.6) is 0 Å². The summed E-state index contributed by atoms with van der Waals surface area (Å²) in [6.07, 6.45) is 3.68. The minimum Gasteiger partial charge on any atom is -0.452 e. The number of benzene rings is 2. The molecule has 1 aromatic heterocycles. The maximum absolute atomic E-state index is 12.9. The first-order valence-electron chi connectivity index (χ1n) is 10.5. The fourth-order valence-corrected chi connectivity index (χ4v) is 4.31. The highest BCUT2D eigenvalue weighted by Crippen LogP contribution is 2.29. The normalized spacial score (nSPS) is 15.5. The number of carbonyl (C=O) groups is 2. The Bertz CT molecular complexity index is 1110. The molecule has 1 heterocycles. The molecule has 154 valence electrons. The Morgan fingerprint density at radius 2 is 1.90 bits per heavy atom. The number of carbonyl (C=O) groups excluding carboxylic acids is 2. The van der Waals surface area contributed by atoms with Gasteiger partial charge in [-0.25, -0.2) is 4.79 Å². The maximum Gasteiger partial charge on any atom is 0.339 e. The number of aromatic nitrogens is 1. The van der Waals surface area contributed by atoms with Crippen LogP contribution in [-0.2, 0) is 22.4 Å². The predicted molar refractivity (Wildman–Crippen MR) is 116 cm³/mol. The molecule has 0 saturated heterocycles. The Morgan fingerprint density at radius 3 is 2.73 bits per heavy atom. The molecule has 0 spiro atoms. The fourth-order valence-electron chi connectivity index (χ4n) is 4.31. The molecule has 3 aromatic rings. The van der Waals surface area contributed by atoms with Crippen molar-refractivity contribution in [3.63, 3.8) is 0 Å². The van der Waals surface area contributed by atoms with Crippen molar-refractivity contribution in [2.75, 3.05) is 6.61 Å². The third-order valence-electron chi connectivity index (χ3n) is 5.81. The SMILES string of the molecule is CCc1nc2ccccc2c(C(=O)OCC(=O)N[C@@H]2CCCc3ccccc32)c1C. The minimum absolute atomic E-state index is 0.0312. The number of para-hydroxylation sites is 1. The van der Waals surface area contributed by atoms with Crippen LogP contribution in [0.25, 0.3) is 10.9 Å². The zero-order chi connectivity index (χ0) is 21.1. The summed E-state index contributed by atoms with van der Waals surface area (Å²) in [6.45, 7) is 3.59. The maximum atomic E-state index is 12.9. The van der Waals surface area contributed by atoms with Crippen LogP contribution in [0.4, 0.5) is 0 Å². The number of pyridine rings is 1. The lowest BCUT2D eigenvalue weighted by molar-refractivity contribution is -0.125. The molecule has 0 saturated carbocycles. The molecule has 1 aliphatic carbocycles. The lowest BCUT2D eigenvalue weighted by atomic mass is 9.88. The molecule has 0 bridgehead atoms. The van der Waals surface area contributed by atoms with Crippen LogP contribution in [0.2, 0.25) is 0 Å². The monoisotopic (exact) mass is 402 g/mol. The van der Waals surface area contributed by atoms with Gasteiger partial charge in [-0.2, -0.15) is 0 Å². The fraction of sp³-hybridized carbons (Fsp3) is 0.320. The van der Waals surface area contributed by atoms with Crippen molar-refractivity contribution in [2.24, 2.45) is 0 Å². The summed E-state index contributed by atoms with van der Waals surface area (Å²) in [4.78, 5) is 30.1. The number of fused-ring (bicyclic) bond motifs is 2. The summed E-state index contributed by atoms with van der Waals surface area (Å²) >= 11 is 0. The first kappa shape index (κ1) is 20.1. The van der Waals surface area contributed by atoms with Gasteiger partial charge in [-0.05, 0) is 55.4 Å². The minimum atomic E-state index is -0.486. The molecule has 1 N–H and O–H groups in total. The highest BCUT2D eigenvalue weighted by atomic mass is 16.5. The van der Waals surface area contributed by atoms with E-state index in [1.165, 1.54) is 5.56 Å². The Balaban J connectivity index is 1.48. The molecule has 0 unspecified atom stereocenters. The van der Waals surface area contributed by atoms with E-state index in [0.29, 0.717) is 5.56 Å². The lowest BCUT2D eigenvalue weighted by Gasteiger charge is -2.26. The Morgan fingerprint density at radius 1 is 1.13 bits per heavy atom. The molecule has 1 amide bonds. The summed E-state index contributed by atoms with van der Waals surface area (Å²) < 4.78 is 5.43. The molecule has 0 fully saturated rings. The van der Waals surface area contributed by atoms with Crippen molar-refractivity contribution < 1.29 is 14.3 Å². The van der Waals surface area contributed by atoms with Crippen LogP contribution in [0, 0.1) is 6.92 Å². The number of nitrogens with zero attached hydrogens (tertiary/aromatic N) is 1. The molecule has 1 atom stereocenters. The van der Waals surface area contributed by atoms with Crippen LogP contribution < -0.4 is 5.32 Å². The number of esters is 1. The molecule has 0 radical (unpaired) electrons. The van der Waals surface area contributed by atoms with Gasteiger partial charge in [-0.1, -0.05) is 49.4 Å². The summed E-state index contributed by atoms with van der Waals surface area (Å²) in [5, 5.41) is 3.78. The average molecular weight is 402 g/mol. The zero-order valence-electron chi connectivity index (χ0n) is 17.4. The van der Waals surface area contributed by atoms with Gasteiger partial charge < -0.3 is 10.1 Å². The van der Waals surface area contributed by atoms with E-state index >= 15 is 0 Å². The zero-order valence-corrected chi connectivity index (χ0v) is 17.4. The van der Waals surface area contributed by atoms with Gasteiger partial charge >= 0.3 is 5.97 Å². The third kappa shape index (κ3) is 3.92. The second-order valence-corrected chi connectivity index (χ2v) is 7.72. The molecule has 30 heavy (non-hydrogen) atoms. The molecular formula is C25H26N2O3. The number of aryl methyl sites for hydroxylation is 2. The van der Waals surface area contributed by atoms with E-state index in [9.17, 15) is 9.59 Å². The van der Waals surface area contributed by atoms with Gasteiger partial charge in [0.1, 0.15) is 0 Å². The van der Waals surface area contributed by atoms with Crippen LogP contribution in [0.3, 0.4) is 0 Å². The molecular weight excluding hydrogens is 376 g/mol. The topological polar surface area (TPSA) is 68.3 Å². The van der Waals surface area contributed by atoms with Crippen LogP contribution in [-0.4, -0.2) is 23.5 Å². The number of nitrogens with one attached hydrogen (secondary N) is 1.